The lowest BCUT2D eigenvalue weighted by molar-refractivity contribution is -0.740. The minimum Gasteiger partial charge on any atom is -0.822 e. The van der Waals surface area contributed by atoms with Crippen LogP contribution in [-0.4, -0.2) is 14.0 Å². The summed E-state index contributed by atoms with van der Waals surface area (Å²) in [4.78, 5) is 25.6. The molecule has 0 N–H and O–H groups in total. The van der Waals surface area contributed by atoms with Gasteiger partial charge in [-0.2, -0.15) is 21.9 Å². The smallest absolute Gasteiger partial charge is 0.238 e. The van der Waals surface area contributed by atoms with Gasteiger partial charge < -0.3 is 19.2 Å². The van der Waals surface area contributed by atoms with Crippen LogP contribution in [0.2, 0.25) is 0 Å². The van der Waals surface area contributed by atoms with Crippen molar-refractivity contribution in [2.75, 3.05) is 0 Å². The third-order valence-corrected chi connectivity index (χ3v) is 10.7. The van der Waals surface area contributed by atoms with E-state index in [1.807, 2.05) is 36.4 Å². The van der Waals surface area contributed by atoms with Gasteiger partial charge in [-0.15, -0.1) is 14.0 Å². The number of hydrogen-bond acceptors (Lipinski definition) is 4. The lowest BCUT2D eigenvalue weighted by Crippen LogP contribution is -2.39. The van der Waals surface area contributed by atoms with Gasteiger partial charge in [0.1, 0.15) is 17.1 Å². The van der Waals surface area contributed by atoms with Crippen molar-refractivity contribution < 1.29 is 33.3 Å². The first-order valence-electron chi connectivity index (χ1n) is 20.1. The highest BCUT2D eigenvalue weighted by molar-refractivity contribution is 7.40. The molecular formula is C51H51N6O4P. The van der Waals surface area contributed by atoms with Crippen molar-refractivity contribution in [3.63, 3.8) is 0 Å². The number of benzene rings is 6. The van der Waals surface area contributed by atoms with Crippen molar-refractivity contribution in [1.29, 1.82) is 0 Å². The Hall–Kier alpha value is -6.94. The fraction of sp³-hybridized carbons (Fsp3) is 0.118. The maximum atomic E-state index is 8.55. The summed E-state index contributed by atoms with van der Waals surface area (Å²) in [6.07, 6.45) is 0. The summed E-state index contributed by atoms with van der Waals surface area (Å²) in [5.74, 6) is 0. The molecule has 10 nitrogen and oxygen atoms in total. The summed E-state index contributed by atoms with van der Waals surface area (Å²) >= 11 is 0. The third-order valence-electron chi connectivity index (χ3n) is 10.7. The molecule has 6 aromatic carbocycles. The Morgan fingerprint density at radius 2 is 0.500 bits per heavy atom. The van der Waals surface area contributed by atoms with Crippen molar-refractivity contribution in [3.05, 3.63) is 200 Å². The highest BCUT2D eigenvalue weighted by Crippen LogP contribution is 2.26. The number of aromatic nitrogens is 6. The van der Waals surface area contributed by atoms with Crippen LogP contribution in [0.5, 0.6) is 0 Å². The molecule has 0 saturated heterocycles. The molecule has 0 unspecified atom stereocenters. The predicted molar refractivity (Wildman–Crippen MR) is 240 cm³/mol. The molecule has 9 aromatic rings. The molecule has 62 heavy (non-hydrogen) atoms. The van der Waals surface area contributed by atoms with E-state index in [9.17, 15) is 0 Å². The zero-order chi connectivity index (χ0) is 44.2. The summed E-state index contributed by atoms with van der Waals surface area (Å²) in [6, 6.07) is 69.6. The number of hydrogen-bond donors (Lipinski definition) is 0. The highest BCUT2D eigenvalue weighted by atomic mass is 31.2. The molecule has 11 heteroatoms. The van der Waals surface area contributed by atoms with Crippen LogP contribution in [0.4, 0.5) is 0 Å². The van der Waals surface area contributed by atoms with Crippen LogP contribution in [-0.2, 0) is 46.9 Å². The van der Waals surface area contributed by atoms with E-state index in [0.29, 0.717) is 0 Å². The minimum absolute atomic E-state index is 1.22. The second-order valence-corrected chi connectivity index (χ2v) is 15.4. The second kappa shape index (κ2) is 20.5. The largest absolute Gasteiger partial charge is 0.822 e. The van der Waals surface area contributed by atoms with Crippen LogP contribution in [0, 0.1) is 0 Å². The normalized spacial score (nSPS) is 10.7. The molecule has 314 valence electrons. The third kappa shape index (κ3) is 11.3. The Morgan fingerprint density at radius 1 is 0.339 bits per heavy atom. The van der Waals surface area contributed by atoms with E-state index in [4.69, 9.17) is 19.2 Å². The average molecular weight is 843 g/mol. The minimum atomic E-state index is -5.39. The summed E-state index contributed by atoms with van der Waals surface area (Å²) in [5.41, 5.74) is 14.8. The molecule has 9 rings (SSSR count). The van der Waals surface area contributed by atoms with Gasteiger partial charge in [0.05, 0.1) is 21.1 Å². The summed E-state index contributed by atoms with van der Waals surface area (Å²) in [5, 5.41) is 0. The van der Waals surface area contributed by atoms with Gasteiger partial charge in [-0.05, 0) is 36.4 Å². The van der Waals surface area contributed by atoms with E-state index >= 15 is 0 Å². The van der Waals surface area contributed by atoms with Crippen molar-refractivity contribution in [3.8, 4) is 67.5 Å². The van der Waals surface area contributed by atoms with Crippen LogP contribution >= 0.6 is 7.82 Å². The molecule has 0 bridgehead atoms. The molecule has 0 saturated carbocycles. The molecule has 0 aliphatic heterocycles. The Bertz CT molecular complexity index is 2350. The zero-order valence-corrected chi connectivity index (χ0v) is 36.7. The second-order valence-electron chi connectivity index (χ2n) is 14.5. The molecule has 0 radical (unpaired) electrons. The van der Waals surface area contributed by atoms with E-state index < -0.39 is 7.82 Å². The molecule has 3 heterocycles. The lowest BCUT2D eigenvalue weighted by Gasteiger charge is -2.36. The molecule has 0 amide bonds. The van der Waals surface area contributed by atoms with Gasteiger partial charge in [-0.25, -0.2) is 0 Å². The Morgan fingerprint density at radius 3 is 0.677 bits per heavy atom. The summed E-state index contributed by atoms with van der Waals surface area (Å²) in [7, 11) is 7.16. The fourth-order valence-electron chi connectivity index (χ4n) is 7.19. The van der Waals surface area contributed by atoms with Crippen LogP contribution in [0.25, 0.3) is 67.5 Å². The fourth-order valence-corrected chi connectivity index (χ4v) is 7.19. The monoisotopic (exact) mass is 842 g/mol. The van der Waals surface area contributed by atoms with Gasteiger partial charge >= 0.3 is 0 Å². The predicted octanol–water partition coefficient (Wildman–Crippen LogP) is 6.73. The first-order chi connectivity index (χ1) is 29.8. The van der Waals surface area contributed by atoms with E-state index in [2.05, 4.69) is 234 Å². The number of nitrogens with zero attached hydrogens (tertiary/aromatic N) is 6. The van der Waals surface area contributed by atoms with Crippen molar-refractivity contribution in [2.45, 2.75) is 0 Å². The van der Waals surface area contributed by atoms with E-state index in [1.165, 1.54) is 67.5 Å². The van der Waals surface area contributed by atoms with Crippen molar-refractivity contribution >= 4 is 7.82 Å². The van der Waals surface area contributed by atoms with Gasteiger partial charge in [-0.1, -0.05) is 146 Å². The topological polar surface area (TPSA) is 113 Å². The van der Waals surface area contributed by atoms with Gasteiger partial charge in [0.25, 0.3) is 0 Å². The van der Waals surface area contributed by atoms with Gasteiger partial charge in [0, 0.05) is 51.6 Å². The number of phosphoric acid groups is 1. The standard InChI is InChI=1S/3C17H17N2.H3O4P/c3*1-18-16(14-9-5-3-6-10-14)13-17(19(18)2)15-11-7-4-8-12-15;1-5(2,3)4/h3*3-13H,1-2H3;(H3,1,2,3,4)/q3*+1;/p-3. The van der Waals surface area contributed by atoms with Crippen molar-refractivity contribution in [2.24, 2.45) is 42.3 Å². The van der Waals surface area contributed by atoms with Crippen LogP contribution in [0.15, 0.2) is 200 Å². The average Bonchev–Trinajstić information content (AvgIpc) is 3.89. The molecule has 0 aliphatic carbocycles. The van der Waals surface area contributed by atoms with Crippen LogP contribution in [0.3, 0.4) is 0 Å². The molecule has 0 atom stereocenters. The Labute approximate surface area is 363 Å². The van der Waals surface area contributed by atoms with E-state index in [1.54, 1.807) is 0 Å². The Balaban J connectivity index is 0.000000147. The molecule has 0 aliphatic rings. The first-order valence-corrected chi connectivity index (χ1v) is 21.5. The van der Waals surface area contributed by atoms with E-state index in [-0.39, 0.29) is 0 Å². The Kier molecular flexibility index (Phi) is 14.8. The molecule has 3 aromatic heterocycles. The lowest BCUT2D eigenvalue weighted by atomic mass is 10.1. The van der Waals surface area contributed by atoms with Gasteiger partial charge in [-0.3, -0.25) is 0 Å². The number of rotatable bonds is 6. The van der Waals surface area contributed by atoms with Crippen LogP contribution in [0.1, 0.15) is 0 Å². The van der Waals surface area contributed by atoms with Crippen molar-refractivity contribution in [1.82, 2.24) is 14.0 Å². The van der Waals surface area contributed by atoms with Gasteiger partial charge in [0.15, 0.2) is 21.1 Å². The van der Waals surface area contributed by atoms with E-state index in [0.717, 1.165) is 0 Å². The summed E-state index contributed by atoms with van der Waals surface area (Å²) in [6.45, 7) is 0. The zero-order valence-electron chi connectivity index (χ0n) is 35.8. The highest BCUT2D eigenvalue weighted by Gasteiger charge is 2.21. The quantitative estimate of drug-likeness (QED) is 0.137. The maximum Gasteiger partial charge on any atom is 0.238 e. The summed E-state index contributed by atoms with van der Waals surface area (Å²) < 4.78 is 21.6. The van der Waals surface area contributed by atoms with Crippen LogP contribution < -0.4 is 28.7 Å². The SMILES string of the molecule is Cn1c(-c2ccccc2)cc(-c2ccccc2)[n+]1C.Cn1c(-c2ccccc2)cc(-c2ccccc2)[n+]1C.Cn1c(-c2ccccc2)cc(-c2ccccc2)[n+]1C.O=P([O-])([O-])[O-]. The van der Waals surface area contributed by atoms with Gasteiger partial charge in [0.2, 0.25) is 17.1 Å². The molecule has 0 spiro atoms. The maximum absolute atomic E-state index is 8.55. The molecule has 0 fully saturated rings. The first kappa shape index (κ1) is 44.6. The molecular weight excluding hydrogens is 792 g/mol.